The topological polar surface area (TPSA) is 97.1 Å². The molecule has 0 spiro atoms. The maximum absolute atomic E-state index is 12.2. The lowest BCUT2D eigenvalue weighted by molar-refractivity contribution is -0.125. The quantitative estimate of drug-likeness (QED) is 0.896. The standard InChI is InChI=1S/C16H18N4O3/c1-8-4-9(2)15-11(5-8)12(16(22)18-15)6-13(21)17-7-14-20-19-10(3)23-14/h4-5,12H,6-7H2,1-3H3,(H,17,21)(H,18,22)/t12-/m0/s1. The number of hydrogen-bond acceptors (Lipinski definition) is 5. The minimum absolute atomic E-state index is 0.0921. The van der Waals surface area contributed by atoms with Crippen molar-refractivity contribution in [2.24, 2.45) is 0 Å². The summed E-state index contributed by atoms with van der Waals surface area (Å²) in [5.41, 5.74) is 3.80. The highest BCUT2D eigenvalue weighted by molar-refractivity contribution is 6.05. The van der Waals surface area contributed by atoms with Crippen LogP contribution in [-0.4, -0.2) is 22.0 Å². The Morgan fingerprint density at radius 3 is 2.78 bits per heavy atom. The SMILES string of the molecule is Cc1cc(C)c2c(c1)[C@H](CC(=O)NCc1nnc(C)o1)C(=O)N2. The van der Waals surface area contributed by atoms with E-state index >= 15 is 0 Å². The Morgan fingerprint density at radius 2 is 2.09 bits per heavy atom. The first-order chi connectivity index (χ1) is 10.9. The van der Waals surface area contributed by atoms with Gasteiger partial charge >= 0.3 is 0 Å². The van der Waals surface area contributed by atoms with Gasteiger partial charge in [0.15, 0.2) is 0 Å². The number of hydrogen-bond donors (Lipinski definition) is 2. The van der Waals surface area contributed by atoms with Gasteiger partial charge in [0.25, 0.3) is 0 Å². The van der Waals surface area contributed by atoms with Gasteiger partial charge in [-0.3, -0.25) is 9.59 Å². The fourth-order valence-corrected chi connectivity index (χ4v) is 2.84. The Morgan fingerprint density at radius 1 is 1.30 bits per heavy atom. The molecule has 1 atom stereocenters. The maximum atomic E-state index is 12.2. The number of rotatable bonds is 4. The summed E-state index contributed by atoms with van der Waals surface area (Å²) in [7, 11) is 0. The zero-order valence-electron chi connectivity index (χ0n) is 13.3. The first kappa shape index (κ1) is 15.2. The highest BCUT2D eigenvalue weighted by atomic mass is 16.4. The van der Waals surface area contributed by atoms with Gasteiger partial charge in [-0.25, -0.2) is 0 Å². The molecule has 0 unspecified atom stereocenters. The van der Waals surface area contributed by atoms with Gasteiger partial charge in [-0.15, -0.1) is 10.2 Å². The second-order valence-corrected chi connectivity index (χ2v) is 5.78. The molecule has 0 bridgehead atoms. The summed E-state index contributed by atoms with van der Waals surface area (Å²) in [6, 6.07) is 3.97. The molecule has 2 heterocycles. The number of aromatic nitrogens is 2. The third-order valence-electron chi connectivity index (χ3n) is 3.84. The van der Waals surface area contributed by atoms with Gasteiger partial charge < -0.3 is 15.1 Å². The molecule has 7 nitrogen and oxygen atoms in total. The van der Waals surface area contributed by atoms with Crippen molar-refractivity contribution >= 4 is 17.5 Å². The van der Waals surface area contributed by atoms with Gasteiger partial charge in [0, 0.05) is 19.0 Å². The average Bonchev–Trinajstić information content (AvgIpc) is 3.02. The highest BCUT2D eigenvalue weighted by Gasteiger charge is 2.33. The highest BCUT2D eigenvalue weighted by Crippen LogP contribution is 2.37. The number of aryl methyl sites for hydroxylation is 3. The Bertz CT molecular complexity index is 782. The summed E-state index contributed by atoms with van der Waals surface area (Å²) in [6.45, 7) is 5.77. The van der Waals surface area contributed by atoms with Crippen molar-refractivity contribution in [3.05, 3.63) is 40.6 Å². The molecule has 1 aliphatic heterocycles. The molecule has 3 rings (SSSR count). The van der Waals surface area contributed by atoms with Crippen LogP contribution in [0.15, 0.2) is 16.5 Å². The van der Waals surface area contributed by atoms with Crippen LogP contribution in [0.3, 0.4) is 0 Å². The van der Waals surface area contributed by atoms with E-state index in [4.69, 9.17) is 4.42 Å². The summed E-state index contributed by atoms with van der Waals surface area (Å²) in [4.78, 5) is 24.3. The lowest BCUT2D eigenvalue weighted by Gasteiger charge is -2.10. The minimum Gasteiger partial charge on any atom is -0.424 e. The van der Waals surface area contributed by atoms with E-state index in [9.17, 15) is 9.59 Å². The molecule has 2 aromatic rings. The van der Waals surface area contributed by atoms with E-state index in [1.807, 2.05) is 26.0 Å². The largest absolute Gasteiger partial charge is 0.424 e. The zero-order chi connectivity index (χ0) is 16.6. The van der Waals surface area contributed by atoms with Crippen molar-refractivity contribution in [2.75, 3.05) is 5.32 Å². The van der Waals surface area contributed by atoms with Crippen molar-refractivity contribution in [3.63, 3.8) is 0 Å². The molecule has 0 fully saturated rings. The number of nitrogens with one attached hydrogen (secondary N) is 2. The average molecular weight is 314 g/mol. The van der Waals surface area contributed by atoms with Gasteiger partial charge in [-0.2, -0.15) is 0 Å². The number of nitrogens with zero attached hydrogens (tertiary/aromatic N) is 2. The summed E-state index contributed by atoms with van der Waals surface area (Å²) in [5.74, 6) is -0.0402. The number of carbonyl (C=O) groups excluding carboxylic acids is 2. The summed E-state index contributed by atoms with van der Waals surface area (Å²) in [5, 5.41) is 13.1. The molecular weight excluding hydrogens is 296 g/mol. The zero-order valence-corrected chi connectivity index (χ0v) is 13.3. The van der Waals surface area contributed by atoms with Crippen LogP contribution in [0.4, 0.5) is 5.69 Å². The number of carbonyl (C=O) groups is 2. The number of anilines is 1. The van der Waals surface area contributed by atoms with Crippen LogP contribution in [0, 0.1) is 20.8 Å². The van der Waals surface area contributed by atoms with Crippen LogP contribution in [0.1, 0.15) is 40.8 Å². The second-order valence-electron chi connectivity index (χ2n) is 5.78. The number of fused-ring (bicyclic) bond motifs is 1. The smallest absolute Gasteiger partial charge is 0.235 e. The monoisotopic (exact) mass is 314 g/mol. The predicted molar refractivity (Wildman–Crippen MR) is 82.8 cm³/mol. The minimum atomic E-state index is -0.465. The summed E-state index contributed by atoms with van der Waals surface area (Å²) in [6.07, 6.45) is 0.0921. The second kappa shape index (κ2) is 5.83. The first-order valence-electron chi connectivity index (χ1n) is 7.41. The Kier molecular flexibility index (Phi) is 3.85. The molecule has 1 aliphatic rings. The first-order valence-corrected chi connectivity index (χ1v) is 7.41. The van der Waals surface area contributed by atoms with Gasteiger partial charge in [-0.1, -0.05) is 17.7 Å². The normalized spacial score (nSPS) is 16.1. The van der Waals surface area contributed by atoms with Crippen LogP contribution in [-0.2, 0) is 16.1 Å². The van der Waals surface area contributed by atoms with Crippen LogP contribution in [0.25, 0.3) is 0 Å². The molecule has 2 N–H and O–H groups in total. The molecule has 120 valence electrons. The molecule has 0 saturated carbocycles. The molecular formula is C16H18N4O3. The number of amides is 2. The van der Waals surface area contributed by atoms with Crippen LogP contribution in [0.5, 0.6) is 0 Å². The van der Waals surface area contributed by atoms with Crippen LogP contribution in [0.2, 0.25) is 0 Å². The fraction of sp³-hybridized carbons (Fsp3) is 0.375. The maximum Gasteiger partial charge on any atom is 0.235 e. The van der Waals surface area contributed by atoms with E-state index in [1.54, 1.807) is 6.92 Å². The van der Waals surface area contributed by atoms with Crippen molar-refractivity contribution < 1.29 is 14.0 Å². The van der Waals surface area contributed by atoms with Gasteiger partial charge in [0.1, 0.15) is 0 Å². The van der Waals surface area contributed by atoms with Crippen molar-refractivity contribution in [2.45, 2.75) is 39.7 Å². The van der Waals surface area contributed by atoms with E-state index in [-0.39, 0.29) is 24.8 Å². The molecule has 1 aromatic carbocycles. The molecule has 2 amide bonds. The third kappa shape index (κ3) is 3.08. The van der Waals surface area contributed by atoms with Gasteiger partial charge in [0.05, 0.1) is 12.5 Å². The third-order valence-corrected chi connectivity index (χ3v) is 3.84. The van der Waals surface area contributed by atoms with Crippen molar-refractivity contribution in [1.29, 1.82) is 0 Å². The summed E-state index contributed by atoms with van der Waals surface area (Å²) >= 11 is 0. The summed E-state index contributed by atoms with van der Waals surface area (Å²) < 4.78 is 5.20. The molecule has 0 saturated heterocycles. The Labute approximate surface area is 133 Å². The van der Waals surface area contributed by atoms with Crippen LogP contribution < -0.4 is 10.6 Å². The Hall–Kier alpha value is -2.70. The van der Waals surface area contributed by atoms with Crippen molar-refractivity contribution in [3.8, 4) is 0 Å². The van der Waals surface area contributed by atoms with Gasteiger partial charge in [-0.05, 0) is 25.0 Å². The van der Waals surface area contributed by atoms with Gasteiger partial charge in [0.2, 0.25) is 23.6 Å². The lowest BCUT2D eigenvalue weighted by Crippen LogP contribution is -2.26. The van der Waals surface area contributed by atoms with E-state index in [1.165, 1.54) is 0 Å². The van der Waals surface area contributed by atoms with Crippen molar-refractivity contribution in [1.82, 2.24) is 15.5 Å². The predicted octanol–water partition coefficient (Wildman–Crippen LogP) is 1.74. The molecule has 0 radical (unpaired) electrons. The molecule has 1 aromatic heterocycles. The molecule has 7 heteroatoms. The number of benzene rings is 1. The molecule has 0 aliphatic carbocycles. The van der Waals surface area contributed by atoms with E-state index in [0.29, 0.717) is 11.8 Å². The van der Waals surface area contributed by atoms with E-state index < -0.39 is 5.92 Å². The lowest BCUT2D eigenvalue weighted by atomic mass is 9.94. The van der Waals surface area contributed by atoms with Crippen LogP contribution >= 0.6 is 0 Å². The fourth-order valence-electron chi connectivity index (χ4n) is 2.84. The Balaban J connectivity index is 1.68. The van der Waals surface area contributed by atoms with E-state index in [0.717, 1.165) is 22.4 Å². The van der Waals surface area contributed by atoms with E-state index in [2.05, 4.69) is 20.8 Å². The molecule has 23 heavy (non-hydrogen) atoms.